The molecule has 9 rings (SSSR count). The molecule has 2 aliphatic carbocycles. The molecule has 4 saturated heterocycles. The molecule has 8 heteroatoms. The van der Waals surface area contributed by atoms with Gasteiger partial charge in [0.05, 0.1) is 11.0 Å². The number of fused-ring (bicyclic) bond motifs is 2. The summed E-state index contributed by atoms with van der Waals surface area (Å²) in [6, 6.07) is 14.3. The molecular weight excluding hydrogens is 508 g/mol. The molecule has 212 valence electrons. The maximum Gasteiger partial charge on any atom is 0.165 e. The molecule has 0 amide bonds. The number of ether oxygens (including phenoxy) is 4. The van der Waals surface area contributed by atoms with Gasteiger partial charge in [0.15, 0.2) is 11.5 Å². The Morgan fingerprint density at radius 1 is 0.875 bits per heavy atom. The summed E-state index contributed by atoms with van der Waals surface area (Å²) in [5, 5.41) is 24.1. The third-order valence-electron chi connectivity index (χ3n) is 11.5. The molecule has 2 aromatic rings. The van der Waals surface area contributed by atoms with E-state index in [4.69, 9.17) is 18.9 Å². The van der Waals surface area contributed by atoms with Crippen LogP contribution in [0, 0.1) is 0 Å². The maximum absolute atomic E-state index is 13.0. The smallest absolute Gasteiger partial charge is 0.165 e. The van der Waals surface area contributed by atoms with Crippen LogP contribution < -0.4 is 4.74 Å². The van der Waals surface area contributed by atoms with Gasteiger partial charge in [-0.15, -0.1) is 0 Å². The van der Waals surface area contributed by atoms with Crippen LogP contribution in [0.15, 0.2) is 42.5 Å². The highest BCUT2D eigenvalue weighted by Crippen LogP contribution is 2.70. The van der Waals surface area contributed by atoms with Crippen molar-refractivity contribution in [3.05, 3.63) is 59.2 Å². The van der Waals surface area contributed by atoms with E-state index in [1.54, 1.807) is 6.07 Å². The van der Waals surface area contributed by atoms with Crippen molar-refractivity contribution in [2.45, 2.75) is 119 Å². The van der Waals surface area contributed by atoms with Crippen molar-refractivity contribution in [3.63, 3.8) is 0 Å². The van der Waals surface area contributed by atoms with Crippen molar-refractivity contribution in [2.75, 3.05) is 6.54 Å². The Bertz CT molecular complexity index is 1430. The number of hydrogen-bond acceptors (Lipinski definition) is 8. The summed E-state index contributed by atoms with van der Waals surface area (Å²) >= 11 is 0. The van der Waals surface area contributed by atoms with Gasteiger partial charge in [-0.2, -0.15) is 0 Å². The molecule has 2 spiro atoms. The third kappa shape index (κ3) is 2.57. The van der Waals surface area contributed by atoms with Gasteiger partial charge in [0.25, 0.3) is 0 Å². The average molecular weight is 547 g/mol. The molecule has 0 radical (unpaired) electrons. The second kappa shape index (κ2) is 7.22. The number of likely N-dealkylation sites (tertiary alicyclic amines) is 1. The first kappa shape index (κ1) is 24.4. The van der Waals surface area contributed by atoms with E-state index in [0.717, 1.165) is 37.1 Å². The number of aliphatic hydroxyl groups is 1. The number of phenolic OH excluding ortho intramolecular Hbond substituents is 1. The Morgan fingerprint density at radius 2 is 1.60 bits per heavy atom. The molecule has 5 heterocycles. The van der Waals surface area contributed by atoms with E-state index in [1.807, 2.05) is 12.1 Å². The molecule has 2 N–H and O–H groups in total. The highest BCUT2D eigenvalue weighted by atomic mass is 16.7. The molecule has 8 atom stereocenters. The zero-order valence-corrected chi connectivity index (χ0v) is 23.6. The fraction of sp³-hybridized carbons (Fsp3) is 0.625. The van der Waals surface area contributed by atoms with Crippen molar-refractivity contribution in [1.82, 2.24) is 9.80 Å². The normalized spacial score (nSPS) is 45.0. The topological polar surface area (TPSA) is 83.9 Å². The molecule has 1 saturated carbocycles. The van der Waals surface area contributed by atoms with Gasteiger partial charge in [-0.1, -0.05) is 36.4 Å². The molecule has 40 heavy (non-hydrogen) atoms. The number of nitrogens with zero attached hydrogens (tertiary/aromatic N) is 2. The quantitative estimate of drug-likeness (QED) is 0.593. The van der Waals surface area contributed by atoms with Gasteiger partial charge in [0.2, 0.25) is 0 Å². The van der Waals surface area contributed by atoms with Crippen molar-refractivity contribution >= 4 is 0 Å². The van der Waals surface area contributed by atoms with Crippen LogP contribution in [-0.4, -0.2) is 79.8 Å². The summed E-state index contributed by atoms with van der Waals surface area (Å²) in [6.45, 7) is 9.98. The molecule has 2 aromatic carbocycles. The monoisotopic (exact) mass is 546 g/mol. The second-order valence-corrected chi connectivity index (χ2v) is 14.3. The Hall–Kier alpha value is -2.20. The number of hydrogen-bond donors (Lipinski definition) is 2. The fourth-order valence-corrected chi connectivity index (χ4v) is 9.91. The second-order valence-electron chi connectivity index (χ2n) is 14.3. The summed E-state index contributed by atoms with van der Waals surface area (Å²) in [6.07, 6.45) is 1.24. The Kier molecular flexibility index (Phi) is 4.41. The highest BCUT2D eigenvalue weighted by molar-refractivity contribution is 5.63. The van der Waals surface area contributed by atoms with Crippen molar-refractivity contribution in [2.24, 2.45) is 0 Å². The number of aromatic hydroxyl groups is 1. The van der Waals surface area contributed by atoms with E-state index in [1.165, 1.54) is 5.56 Å². The van der Waals surface area contributed by atoms with Crippen LogP contribution in [0.5, 0.6) is 11.5 Å². The average Bonchev–Trinajstić information content (AvgIpc) is 3.58. The first-order valence-corrected chi connectivity index (χ1v) is 14.9. The van der Waals surface area contributed by atoms with Crippen LogP contribution in [0.2, 0.25) is 0 Å². The first-order valence-electron chi connectivity index (χ1n) is 14.9. The molecule has 0 unspecified atom stereocenters. The summed E-state index contributed by atoms with van der Waals surface area (Å²) in [7, 11) is 0. The van der Waals surface area contributed by atoms with Gasteiger partial charge in [-0.3, -0.25) is 4.90 Å². The number of benzene rings is 2. The largest absolute Gasteiger partial charge is 0.504 e. The van der Waals surface area contributed by atoms with E-state index in [9.17, 15) is 10.2 Å². The van der Waals surface area contributed by atoms with Gasteiger partial charge in [0, 0.05) is 24.7 Å². The summed E-state index contributed by atoms with van der Waals surface area (Å²) in [5.74, 6) is 0.662. The van der Waals surface area contributed by atoms with Gasteiger partial charge in [-0.25, -0.2) is 4.90 Å². The summed E-state index contributed by atoms with van der Waals surface area (Å²) < 4.78 is 27.4. The fourth-order valence-electron chi connectivity index (χ4n) is 9.91. The van der Waals surface area contributed by atoms with Crippen LogP contribution in [-0.2, 0) is 32.6 Å². The lowest BCUT2D eigenvalue weighted by Gasteiger charge is -2.66. The Balaban J connectivity index is 1.21. The van der Waals surface area contributed by atoms with Gasteiger partial charge < -0.3 is 29.2 Å². The number of piperidine rings is 1. The molecule has 5 aliphatic heterocycles. The minimum Gasteiger partial charge on any atom is -0.504 e. The van der Waals surface area contributed by atoms with E-state index in [2.05, 4.69) is 61.8 Å². The predicted molar refractivity (Wildman–Crippen MR) is 145 cm³/mol. The van der Waals surface area contributed by atoms with Crippen molar-refractivity contribution in [3.8, 4) is 11.5 Å². The lowest BCUT2D eigenvalue weighted by atomic mass is 9.46. The minimum atomic E-state index is -1.03. The maximum atomic E-state index is 13.0. The van der Waals surface area contributed by atoms with E-state index in [-0.39, 0.29) is 30.5 Å². The van der Waals surface area contributed by atoms with Gasteiger partial charge >= 0.3 is 0 Å². The lowest BCUT2D eigenvalue weighted by Crippen LogP contribution is -2.80. The minimum absolute atomic E-state index is 0.0671. The van der Waals surface area contributed by atoms with Gasteiger partial charge in [-0.05, 0) is 70.6 Å². The zero-order chi connectivity index (χ0) is 27.4. The van der Waals surface area contributed by atoms with E-state index in [0.29, 0.717) is 18.6 Å². The molecular formula is C32H38N2O6. The van der Waals surface area contributed by atoms with E-state index < -0.39 is 33.9 Å². The molecule has 0 aromatic heterocycles. The van der Waals surface area contributed by atoms with Crippen LogP contribution in [0.4, 0.5) is 0 Å². The van der Waals surface area contributed by atoms with Crippen LogP contribution >= 0.6 is 0 Å². The standard InChI is InChI=1S/C32H38N2O6/c1-28(2)25-34-26(29(3,4)38-25)40-31(27(34)39-28)12-13-32(36)21-16-19-10-11-20(35)23-22(19)30(32,24(31)37-23)14-15-33(21)17-18-8-6-5-7-9-18/h5-11,21,24-27,35-36H,12-17H2,1-4H3/t21-,24-,25+,26+,27+,30+,31+,32-/m0/s1. The first-order chi connectivity index (χ1) is 19.0. The predicted octanol–water partition coefficient (Wildman–Crippen LogP) is 3.41. The zero-order valence-electron chi connectivity index (χ0n) is 23.6. The molecule has 8 nitrogen and oxygen atoms in total. The van der Waals surface area contributed by atoms with Crippen LogP contribution in [0.1, 0.15) is 63.6 Å². The third-order valence-corrected chi connectivity index (χ3v) is 11.5. The van der Waals surface area contributed by atoms with Crippen LogP contribution in [0.25, 0.3) is 0 Å². The van der Waals surface area contributed by atoms with E-state index >= 15 is 0 Å². The van der Waals surface area contributed by atoms with Gasteiger partial charge in [0.1, 0.15) is 41.6 Å². The van der Waals surface area contributed by atoms with Crippen LogP contribution in [0.3, 0.4) is 0 Å². The number of phenols is 1. The summed E-state index contributed by atoms with van der Waals surface area (Å²) in [5.41, 5.74) is -0.185. The Labute approximate surface area is 234 Å². The summed E-state index contributed by atoms with van der Waals surface area (Å²) in [4.78, 5) is 4.75. The lowest BCUT2D eigenvalue weighted by molar-refractivity contribution is -0.267. The highest BCUT2D eigenvalue weighted by Gasteiger charge is 2.83. The van der Waals surface area contributed by atoms with Crippen molar-refractivity contribution < 1.29 is 29.2 Å². The SMILES string of the molecule is CC1(C)O[C@H]2N3[C@@H]1O[C@@]1(CC[C@]4(O)[C@@H]5Cc6ccc(O)c7c6[C@]4(CCN5Cc4ccccc4)[C@@H]1O7)[C@H]3OC2(C)C. The Morgan fingerprint density at radius 3 is 2.38 bits per heavy atom. The molecule has 2 bridgehead atoms. The molecule has 7 aliphatic rings. The number of rotatable bonds is 2. The molecule has 5 fully saturated rings. The van der Waals surface area contributed by atoms with Crippen molar-refractivity contribution in [1.29, 1.82) is 0 Å².